The Kier molecular flexibility index (Phi) is 5.52. The van der Waals surface area contributed by atoms with Gasteiger partial charge in [0.1, 0.15) is 0 Å². The van der Waals surface area contributed by atoms with Gasteiger partial charge in [-0.15, -0.1) is 0 Å². The molecule has 2 nitrogen and oxygen atoms in total. The fourth-order valence-corrected chi connectivity index (χ4v) is 9.68. The molecule has 1 heterocycles. The van der Waals surface area contributed by atoms with Gasteiger partial charge >= 0.3 is 0 Å². The monoisotopic (exact) mass is 426 g/mol. The van der Waals surface area contributed by atoms with Gasteiger partial charge < -0.3 is 4.74 Å². The molecule has 3 saturated carbocycles. The second-order valence-electron chi connectivity index (χ2n) is 12.9. The molecule has 2 unspecified atom stereocenters. The summed E-state index contributed by atoms with van der Waals surface area (Å²) < 4.78 is 6.39. The van der Waals surface area contributed by atoms with Crippen LogP contribution in [0.25, 0.3) is 0 Å². The summed E-state index contributed by atoms with van der Waals surface area (Å²) in [5, 5.41) is 0. The molecule has 0 aromatic heterocycles. The highest BCUT2D eigenvalue weighted by atomic mass is 16.6. The highest BCUT2D eigenvalue weighted by Gasteiger charge is 2.62. The Morgan fingerprint density at radius 3 is 2.48 bits per heavy atom. The molecule has 0 radical (unpaired) electrons. The van der Waals surface area contributed by atoms with E-state index >= 15 is 0 Å². The van der Waals surface area contributed by atoms with Crippen LogP contribution >= 0.6 is 0 Å². The highest BCUT2D eigenvalue weighted by molar-refractivity contribution is 5.91. The molecule has 10 atom stereocenters. The number of epoxide rings is 1. The highest BCUT2D eigenvalue weighted by Crippen LogP contribution is 2.68. The maximum atomic E-state index is 12.1. The zero-order valence-corrected chi connectivity index (χ0v) is 21.0. The zero-order valence-electron chi connectivity index (χ0n) is 21.0. The summed E-state index contributed by atoms with van der Waals surface area (Å²) in [6.45, 7) is 14.8. The van der Waals surface area contributed by atoms with Crippen molar-refractivity contribution < 1.29 is 9.53 Å². The maximum absolute atomic E-state index is 12.1. The van der Waals surface area contributed by atoms with Crippen molar-refractivity contribution >= 4 is 5.78 Å². The fourth-order valence-electron chi connectivity index (χ4n) is 9.68. The Bertz CT molecular complexity index is 752. The van der Waals surface area contributed by atoms with Crippen molar-refractivity contribution in [2.75, 3.05) is 0 Å². The molecule has 5 rings (SSSR count). The summed E-state index contributed by atoms with van der Waals surface area (Å²) in [5.41, 5.74) is 2.31. The van der Waals surface area contributed by atoms with Crippen molar-refractivity contribution in [3.63, 3.8) is 0 Å². The number of ether oxygens (including phenoxy) is 1. The summed E-state index contributed by atoms with van der Waals surface area (Å²) in [6, 6.07) is 0. The Morgan fingerprint density at radius 1 is 1.00 bits per heavy atom. The van der Waals surface area contributed by atoms with Crippen LogP contribution in [0.2, 0.25) is 0 Å². The molecule has 5 aliphatic rings. The van der Waals surface area contributed by atoms with E-state index in [-0.39, 0.29) is 0 Å². The average Bonchev–Trinajstić information content (AvgIpc) is 3.42. The largest absolute Gasteiger partial charge is 0.369 e. The van der Waals surface area contributed by atoms with Gasteiger partial charge in [0.25, 0.3) is 0 Å². The number of rotatable bonds is 5. The molecular weight excluding hydrogens is 380 g/mol. The van der Waals surface area contributed by atoms with Crippen LogP contribution in [-0.4, -0.2) is 18.0 Å². The van der Waals surface area contributed by atoms with E-state index < -0.39 is 0 Å². The smallest absolute Gasteiger partial charge is 0.155 e. The van der Waals surface area contributed by atoms with Crippen LogP contribution in [0.5, 0.6) is 0 Å². The fraction of sp³-hybridized carbons (Fsp3) is 0.897. The van der Waals surface area contributed by atoms with Gasteiger partial charge in [-0.3, -0.25) is 4.79 Å². The number of carbonyl (C=O) groups is 1. The number of hydrogen-bond donors (Lipinski definition) is 0. The van der Waals surface area contributed by atoms with Gasteiger partial charge in [-0.2, -0.15) is 0 Å². The third-order valence-electron chi connectivity index (χ3n) is 11.5. The van der Waals surface area contributed by atoms with E-state index in [0.29, 0.717) is 34.7 Å². The van der Waals surface area contributed by atoms with Crippen molar-refractivity contribution in [3.8, 4) is 0 Å². The minimum absolute atomic E-state index is 0.304. The van der Waals surface area contributed by atoms with Crippen molar-refractivity contribution in [1.82, 2.24) is 0 Å². The lowest BCUT2D eigenvalue weighted by Crippen LogP contribution is -2.51. The van der Waals surface area contributed by atoms with E-state index in [1.54, 1.807) is 0 Å². The molecule has 1 saturated heterocycles. The van der Waals surface area contributed by atoms with Crippen LogP contribution < -0.4 is 0 Å². The van der Waals surface area contributed by atoms with E-state index in [0.717, 1.165) is 48.3 Å². The molecule has 2 heteroatoms. The minimum atomic E-state index is 0.304. The van der Waals surface area contributed by atoms with E-state index in [9.17, 15) is 4.79 Å². The molecule has 31 heavy (non-hydrogen) atoms. The molecule has 0 N–H and O–H groups in total. The molecule has 0 bridgehead atoms. The first kappa shape index (κ1) is 22.2. The van der Waals surface area contributed by atoms with Crippen LogP contribution in [0.1, 0.15) is 99.3 Å². The first-order valence-electron chi connectivity index (χ1n) is 13.6. The van der Waals surface area contributed by atoms with E-state index in [1.165, 1.54) is 50.5 Å². The van der Waals surface area contributed by atoms with Gasteiger partial charge in [0.15, 0.2) is 5.78 Å². The van der Waals surface area contributed by atoms with Crippen LogP contribution in [0, 0.1) is 52.3 Å². The van der Waals surface area contributed by atoms with Crippen molar-refractivity contribution in [2.45, 2.75) is 112 Å². The number of fused-ring (bicyclic) bond motifs is 5. The van der Waals surface area contributed by atoms with E-state index in [2.05, 4.69) is 47.6 Å². The van der Waals surface area contributed by atoms with Crippen molar-refractivity contribution in [2.24, 2.45) is 52.3 Å². The number of hydrogen-bond acceptors (Lipinski definition) is 2. The van der Waals surface area contributed by atoms with Gasteiger partial charge in [-0.1, -0.05) is 53.5 Å². The predicted octanol–water partition coefficient (Wildman–Crippen LogP) is 7.22. The van der Waals surface area contributed by atoms with Gasteiger partial charge in [0.2, 0.25) is 0 Å². The van der Waals surface area contributed by atoms with Crippen LogP contribution in [0.3, 0.4) is 0 Å². The molecule has 4 fully saturated rings. The maximum Gasteiger partial charge on any atom is 0.155 e. The Balaban J connectivity index is 1.33. The summed E-state index contributed by atoms with van der Waals surface area (Å²) in [5.74, 6) is 5.94. The second kappa shape index (κ2) is 7.71. The molecule has 1 aliphatic heterocycles. The topological polar surface area (TPSA) is 29.6 Å². The van der Waals surface area contributed by atoms with Crippen LogP contribution in [0.15, 0.2) is 11.6 Å². The molecule has 174 valence electrons. The normalized spacial score (nSPS) is 48.5. The summed E-state index contributed by atoms with van der Waals surface area (Å²) in [6.07, 6.45) is 14.3. The lowest BCUT2D eigenvalue weighted by Gasteiger charge is -2.58. The van der Waals surface area contributed by atoms with Gasteiger partial charge in [0, 0.05) is 6.42 Å². The number of carbonyl (C=O) groups excluding carboxylic acids is 1. The molecule has 0 amide bonds. The number of ketones is 1. The Morgan fingerprint density at radius 2 is 1.77 bits per heavy atom. The van der Waals surface area contributed by atoms with Gasteiger partial charge in [-0.05, 0) is 103 Å². The van der Waals surface area contributed by atoms with E-state index in [1.807, 2.05) is 0 Å². The molecule has 0 spiro atoms. The number of allylic oxidation sites excluding steroid dienone is 1. The summed E-state index contributed by atoms with van der Waals surface area (Å²) in [4.78, 5) is 12.1. The van der Waals surface area contributed by atoms with Gasteiger partial charge in [0.05, 0.1) is 12.2 Å². The van der Waals surface area contributed by atoms with Crippen LogP contribution in [-0.2, 0) is 9.53 Å². The lowest BCUT2D eigenvalue weighted by molar-refractivity contribution is -0.117. The summed E-state index contributed by atoms with van der Waals surface area (Å²) in [7, 11) is 0. The first-order valence-corrected chi connectivity index (χ1v) is 13.6. The quantitative estimate of drug-likeness (QED) is 0.434. The Labute approximate surface area is 191 Å². The van der Waals surface area contributed by atoms with Crippen LogP contribution in [0.4, 0.5) is 0 Å². The first-order chi connectivity index (χ1) is 14.7. The average molecular weight is 427 g/mol. The van der Waals surface area contributed by atoms with Gasteiger partial charge in [-0.25, -0.2) is 0 Å². The molecule has 4 aliphatic carbocycles. The Hall–Kier alpha value is -0.630. The lowest BCUT2D eigenvalue weighted by atomic mass is 9.46. The minimum Gasteiger partial charge on any atom is -0.369 e. The molecule has 0 aromatic carbocycles. The second-order valence-corrected chi connectivity index (χ2v) is 12.9. The van der Waals surface area contributed by atoms with Crippen molar-refractivity contribution in [3.05, 3.63) is 11.6 Å². The standard InChI is InChI=1S/C29H46O2/c1-7-21(17(2)3)27-26(31-27)18(4)23-10-11-24-22-9-8-19-16-20(30)12-14-28(19,5)25(22)13-15-29(23,24)6/h16-18,21-27H,7-15H2,1-6H3/t18-,21-,22-,23+,24-,25-,26?,27?,28-,29+/m0/s1. The van der Waals surface area contributed by atoms with E-state index in [4.69, 9.17) is 4.74 Å². The third kappa shape index (κ3) is 3.32. The SMILES string of the molecule is CC[C@@H](C(C)C)C1OC1[C@@H](C)[C@H]1CC[C@H]2[C@@H]3CCC4=CC(=O)CC[C@]4(C)[C@H]3CC[C@]12C. The molecular formula is C29H46O2. The van der Waals surface area contributed by atoms with Crippen molar-refractivity contribution in [1.29, 1.82) is 0 Å². The molecule has 0 aromatic rings. The predicted molar refractivity (Wildman–Crippen MR) is 127 cm³/mol. The summed E-state index contributed by atoms with van der Waals surface area (Å²) >= 11 is 0. The third-order valence-corrected chi connectivity index (χ3v) is 11.5. The zero-order chi connectivity index (χ0) is 22.1.